The summed E-state index contributed by atoms with van der Waals surface area (Å²) in [4.78, 5) is 32.2. The minimum atomic E-state index is -0.667. The monoisotopic (exact) mass is 374 g/mol. The van der Waals surface area contributed by atoms with E-state index < -0.39 is 6.17 Å². The van der Waals surface area contributed by atoms with E-state index in [-0.39, 0.29) is 23.9 Å². The van der Waals surface area contributed by atoms with Crippen molar-refractivity contribution in [1.29, 1.82) is 0 Å². The van der Waals surface area contributed by atoms with Crippen molar-refractivity contribution in [2.24, 2.45) is 0 Å². The van der Waals surface area contributed by atoms with Crippen LogP contribution in [0, 0.1) is 0 Å². The van der Waals surface area contributed by atoms with Crippen molar-refractivity contribution < 1.29 is 9.18 Å². The van der Waals surface area contributed by atoms with Crippen LogP contribution >= 0.6 is 0 Å². The Morgan fingerprint density at radius 1 is 1.26 bits per heavy atom. The molecule has 144 valence electrons. The normalized spacial score (nSPS) is 10.8. The molecule has 0 spiro atoms. The van der Waals surface area contributed by atoms with E-state index in [2.05, 4.69) is 20.4 Å². The van der Waals surface area contributed by atoms with Crippen LogP contribution in [0.15, 0.2) is 41.7 Å². The average Bonchev–Trinajstić information content (AvgIpc) is 3.07. The Morgan fingerprint density at radius 2 is 1.96 bits per heavy atom. The van der Waals surface area contributed by atoms with Gasteiger partial charge in [0.05, 0.1) is 6.17 Å². The molecule has 0 aliphatic carbocycles. The van der Waals surface area contributed by atoms with Crippen molar-refractivity contribution in [3.63, 3.8) is 0 Å². The lowest BCUT2D eigenvalue weighted by molar-refractivity contribution is -0.117. The van der Waals surface area contributed by atoms with Crippen molar-refractivity contribution in [1.82, 2.24) is 24.1 Å². The molecule has 3 rings (SSSR count). The van der Waals surface area contributed by atoms with E-state index in [1.165, 1.54) is 31.1 Å². The second-order valence-electron chi connectivity index (χ2n) is 6.40. The molecule has 0 aliphatic heterocycles. The highest BCUT2D eigenvalue weighted by Crippen LogP contribution is 2.12. The maximum atomic E-state index is 12.4. The van der Waals surface area contributed by atoms with Gasteiger partial charge in [0, 0.05) is 18.3 Å². The van der Waals surface area contributed by atoms with Gasteiger partial charge in [0.2, 0.25) is 5.91 Å². The zero-order valence-electron chi connectivity index (χ0n) is 15.8. The van der Waals surface area contributed by atoms with Gasteiger partial charge in [0.15, 0.2) is 0 Å². The summed E-state index contributed by atoms with van der Waals surface area (Å²) in [5, 5.41) is 6.94. The number of aromatic nitrogens is 5. The van der Waals surface area contributed by atoms with Gasteiger partial charge in [-0.25, -0.2) is 19.0 Å². The van der Waals surface area contributed by atoms with Crippen LogP contribution in [0.3, 0.4) is 0 Å². The first-order valence-electron chi connectivity index (χ1n) is 8.57. The van der Waals surface area contributed by atoms with Crippen molar-refractivity contribution in [2.45, 2.75) is 46.3 Å². The van der Waals surface area contributed by atoms with Crippen LogP contribution in [0.1, 0.15) is 39.4 Å². The summed E-state index contributed by atoms with van der Waals surface area (Å²) >= 11 is 0. The molecule has 0 unspecified atom stereocenters. The maximum Gasteiger partial charge on any atom is 0.291 e. The fourth-order valence-corrected chi connectivity index (χ4v) is 2.29. The van der Waals surface area contributed by atoms with Crippen molar-refractivity contribution in [2.75, 3.05) is 5.32 Å². The Bertz CT molecular complexity index is 947. The molecule has 9 heteroatoms. The number of fused-ring (bicyclic) bond motifs is 1. The Balaban J connectivity index is 0.000000596. The standard InChI is InChI=1S/C15H16N6O2.C3H7F/c1-10(2)14-19-21(15(23)11-4-3-7-20(11)14)8-13(22)18-12-5-6-16-9-17-12;1-3(2)4/h3-7,9-10H,8H2,1-2H3,(H,16,17,18,22);3H,1-2H3. The number of carbonyl (C=O) groups excluding carboxylic acids is 1. The fraction of sp³-hybridized carbons (Fsp3) is 0.389. The molecule has 3 aromatic rings. The Kier molecular flexibility index (Phi) is 6.75. The highest BCUT2D eigenvalue weighted by Gasteiger charge is 2.14. The predicted molar refractivity (Wildman–Crippen MR) is 100 cm³/mol. The number of amides is 1. The zero-order valence-corrected chi connectivity index (χ0v) is 15.8. The number of nitrogens with zero attached hydrogens (tertiary/aromatic N) is 5. The summed E-state index contributed by atoms with van der Waals surface area (Å²) in [6, 6.07) is 5.08. The molecule has 3 heterocycles. The summed E-state index contributed by atoms with van der Waals surface area (Å²) < 4.78 is 13.9. The highest BCUT2D eigenvalue weighted by molar-refractivity contribution is 5.89. The molecule has 0 saturated heterocycles. The number of hydrogen-bond acceptors (Lipinski definition) is 5. The minimum Gasteiger partial charge on any atom is -0.309 e. The molecule has 27 heavy (non-hydrogen) atoms. The Hall–Kier alpha value is -3.10. The number of carbonyl (C=O) groups is 1. The predicted octanol–water partition coefficient (Wildman–Crippen LogP) is 2.41. The van der Waals surface area contributed by atoms with Crippen LogP contribution in [-0.2, 0) is 11.3 Å². The maximum absolute atomic E-state index is 12.4. The quantitative estimate of drug-likeness (QED) is 0.757. The number of nitrogens with one attached hydrogen (secondary N) is 1. The van der Waals surface area contributed by atoms with E-state index in [0.29, 0.717) is 11.3 Å². The molecule has 0 saturated carbocycles. The molecule has 3 aromatic heterocycles. The molecular weight excluding hydrogens is 351 g/mol. The van der Waals surface area contributed by atoms with Gasteiger partial charge in [0.1, 0.15) is 30.0 Å². The zero-order chi connectivity index (χ0) is 20.0. The third kappa shape index (κ3) is 5.44. The van der Waals surface area contributed by atoms with Gasteiger partial charge in [-0.15, -0.1) is 0 Å². The molecule has 0 aliphatic rings. The van der Waals surface area contributed by atoms with Gasteiger partial charge in [0.25, 0.3) is 5.56 Å². The summed E-state index contributed by atoms with van der Waals surface area (Å²) in [5.41, 5.74) is 0.191. The van der Waals surface area contributed by atoms with Crippen LogP contribution in [0.5, 0.6) is 0 Å². The number of halogens is 1. The lowest BCUT2D eigenvalue weighted by Crippen LogP contribution is -2.32. The van der Waals surface area contributed by atoms with Gasteiger partial charge in [-0.05, 0) is 32.0 Å². The van der Waals surface area contributed by atoms with Crippen molar-refractivity contribution in [3.05, 3.63) is 53.1 Å². The Labute approximate surface area is 156 Å². The third-order valence-electron chi connectivity index (χ3n) is 3.33. The van der Waals surface area contributed by atoms with Crippen LogP contribution < -0.4 is 10.9 Å². The first kappa shape index (κ1) is 20.2. The molecular formula is C18H23FN6O2. The van der Waals surface area contributed by atoms with Crippen LogP contribution in [-0.4, -0.2) is 36.2 Å². The third-order valence-corrected chi connectivity index (χ3v) is 3.33. The van der Waals surface area contributed by atoms with Crippen LogP contribution in [0.2, 0.25) is 0 Å². The number of hydrogen-bond donors (Lipinski definition) is 1. The second-order valence-corrected chi connectivity index (χ2v) is 6.40. The van der Waals surface area contributed by atoms with Gasteiger partial charge in [-0.3, -0.25) is 14.0 Å². The van der Waals surface area contributed by atoms with E-state index in [4.69, 9.17) is 0 Å². The largest absolute Gasteiger partial charge is 0.309 e. The fourth-order valence-electron chi connectivity index (χ4n) is 2.29. The topological polar surface area (TPSA) is 94.2 Å². The van der Waals surface area contributed by atoms with Crippen molar-refractivity contribution in [3.8, 4) is 0 Å². The van der Waals surface area contributed by atoms with E-state index in [9.17, 15) is 14.0 Å². The van der Waals surface area contributed by atoms with Crippen LogP contribution in [0.25, 0.3) is 5.52 Å². The molecule has 0 fully saturated rings. The van der Waals surface area contributed by atoms with Crippen LogP contribution in [0.4, 0.5) is 10.2 Å². The molecule has 0 bridgehead atoms. The van der Waals surface area contributed by atoms with Gasteiger partial charge in [-0.2, -0.15) is 5.10 Å². The minimum absolute atomic E-state index is 0.113. The van der Waals surface area contributed by atoms with Gasteiger partial charge < -0.3 is 5.32 Å². The smallest absolute Gasteiger partial charge is 0.291 e. The average molecular weight is 374 g/mol. The van der Waals surface area contributed by atoms with E-state index >= 15 is 0 Å². The van der Waals surface area contributed by atoms with Crippen molar-refractivity contribution >= 4 is 17.2 Å². The molecule has 1 N–H and O–H groups in total. The summed E-state index contributed by atoms with van der Waals surface area (Å²) in [7, 11) is 0. The van der Waals surface area contributed by atoms with Gasteiger partial charge >= 0.3 is 0 Å². The molecule has 0 atom stereocenters. The lowest BCUT2D eigenvalue weighted by Gasteiger charge is -2.12. The first-order valence-corrected chi connectivity index (χ1v) is 8.57. The van der Waals surface area contributed by atoms with E-state index in [1.54, 1.807) is 28.8 Å². The summed E-state index contributed by atoms with van der Waals surface area (Å²) in [5.74, 6) is 0.843. The molecule has 8 nitrogen and oxygen atoms in total. The summed E-state index contributed by atoms with van der Waals surface area (Å²) in [6.45, 7) is 6.79. The van der Waals surface area contributed by atoms with E-state index in [1.807, 2.05) is 13.8 Å². The summed E-state index contributed by atoms with van der Waals surface area (Å²) in [6.07, 6.45) is 3.99. The lowest BCUT2D eigenvalue weighted by atomic mass is 10.2. The molecule has 0 aromatic carbocycles. The Morgan fingerprint density at radius 3 is 2.56 bits per heavy atom. The SMILES string of the molecule is CC(C)F.CC(C)c1nn(CC(=O)Nc2ccncn2)c(=O)c2cccn12. The number of rotatable bonds is 4. The van der Waals surface area contributed by atoms with E-state index in [0.717, 1.165) is 5.82 Å². The first-order chi connectivity index (χ1) is 12.8. The van der Waals surface area contributed by atoms with Gasteiger partial charge in [-0.1, -0.05) is 13.8 Å². The highest BCUT2D eigenvalue weighted by atomic mass is 19.1. The molecule has 0 radical (unpaired) electrons. The molecule has 1 amide bonds. The number of anilines is 1. The number of alkyl halides is 1. The second kappa shape index (κ2) is 9.02.